The highest BCUT2D eigenvalue weighted by molar-refractivity contribution is 7.99. The molecule has 0 aliphatic heterocycles. The fourth-order valence-electron chi connectivity index (χ4n) is 2.02. The molecule has 110 valence electrons. The van der Waals surface area contributed by atoms with Crippen LogP contribution in [0.4, 0.5) is 0 Å². The molecule has 0 aromatic heterocycles. The molecule has 22 heavy (non-hydrogen) atoms. The Kier molecular flexibility index (Phi) is 6.17. The molecule has 0 bridgehead atoms. The summed E-state index contributed by atoms with van der Waals surface area (Å²) in [6, 6.07) is 17.4. The highest BCUT2D eigenvalue weighted by Crippen LogP contribution is 2.40. The normalized spacial score (nSPS) is 11.3. The molecule has 2 rings (SSSR count). The van der Waals surface area contributed by atoms with Crippen LogP contribution in [0.25, 0.3) is 10.4 Å². The van der Waals surface area contributed by atoms with Crippen LogP contribution >= 0.6 is 23.4 Å². The van der Waals surface area contributed by atoms with Gasteiger partial charge in [-0.25, -0.2) is 0 Å². The summed E-state index contributed by atoms with van der Waals surface area (Å²) >= 11 is 7.61. The van der Waals surface area contributed by atoms with Gasteiger partial charge in [-0.15, -0.1) is 11.8 Å². The first-order valence-electron chi connectivity index (χ1n) is 6.66. The van der Waals surface area contributed by atoms with Gasteiger partial charge in [0.1, 0.15) is 6.07 Å². The number of hydrogen-bond acceptors (Lipinski definition) is 3. The largest absolute Gasteiger partial charge is 0.192 e. The Morgan fingerprint density at radius 1 is 1.27 bits per heavy atom. The smallest absolute Gasteiger partial charge is 0.100 e. The summed E-state index contributed by atoms with van der Waals surface area (Å²) in [5.74, 6) is 0. The Morgan fingerprint density at radius 2 is 2.05 bits per heavy atom. The number of hydrogen-bond donors (Lipinski definition) is 0. The van der Waals surface area contributed by atoms with Gasteiger partial charge in [0.25, 0.3) is 0 Å². The molecule has 0 aliphatic carbocycles. The number of benzene rings is 2. The van der Waals surface area contributed by atoms with Gasteiger partial charge in [-0.2, -0.15) is 5.26 Å². The minimum absolute atomic E-state index is 0.0947. The molecule has 0 amide bonds. The molecule has 4 nitrogen and oxygen atoms in total. The quantitative estimate of drug-likeness (QED) is 0.293. The van der Waals surface area contributed by atoms with E-state index in [1.807, 2.05) is 30.3 Å². The van der Waals surface area contributed by atoms with Crippen molar-refractivity contribution in [3.63, 3.8) is 0 Å². The van der Waals surface area contributed by atoms with Crippen LogP contribution in [0.15, 0.2) is 58.5 Å². The van der Waals surface area contributed by atoms with Crippen molar-refractivity contribution in [1.29, 1.82) is 5.26 Å². The second kappa shape index (κ2) is 8.35. The third-order valence-electron chi connectivity index (χ3n) is 3.06. The molecular weight excluding hydrogens is 316 g/mol. The van der Waals surface area contributed by atoms with Crippen molar-refractivity contribution in [1.82, 2.24) is 0 Å². The minimum Gasteiger partial charge on any atom is -0.192 e. The lowest BCUT2D eigenvalue weighted by Crippen LogP contribution is -1.97. The number of nitriles is 1. The summed E-state index contributed by atoms with van der Waals surface area (Å²) in [7, 11) is 0. The van der Waals surface area contributed by atoms with E-state index in [-0.39, 0.29) is 5.25 Å². The van der Waals surface area contributed by atoms with Crippen LogP contribution in [0, 0.1) is 11.3 Å². The van der Waals surface area contributed by atoms with Crippen LogP contribution in [-0.2, 0) is 0 Å². The first-order chi connectivity index (χ1) is 10.7. The van der Waals surface area contributed by atoms with Gasteiger partial charge in [0.05, 0.1) is 5.56 Å². The van der Waals surface area contributed by atoms with E-state index < -0.39 is 0 Å². The van der Waals surface area contributed by atoms with E-state index >= 15 is 0 Å². The lowest BCUT2D eigenvalue weighted by Gasteiger charge is -2.17. The molecule has 2 aromatic rings. The third-order valence-corrected chi connectivity index (χ3v) is 4.68. The Hall–Kier alpha value is -2.12. The summed E-state index contributed by atoms with van der Waals surface area (Å²) in [6.45, 7) is 0.408. The highest BCUT2D eigenvalue weighted by Gasteiger charge is 2.15. The molecule has 0 radical (unpaired) electrons. The number of halogens is 1. The van der Waals surface area contributed by atoms with Gasteiger partial charge in [0, 0.05) is 26.6 Å². The van der Waals surface area contributed by atoms with Gasteiger partial charge in [0.15, 0.2) is 0 Å². The highest BCUT2D eigenvalue weighted by atomic mass is 35.5. The maximum absolute atomic E-state index is 9.23. The summed E-state index contributed by atoms with van der Waals surface area (Å²) in [5.41, 5.74) is 10.2. The summed E-state index contributed by atoms with van der Waals surface area (Å²) in [6.07, 6.45) is 0.691. The van der Waals surface area contributed by atoms with Gasteiger partial charge >= 0.3 is 0 Å². The molecule has 2 aromatic carbocycles. The molecule has 0 aliphatic rings. The second-order valence-electron chi connectivity index (χ2n) is 4.51. The number of azide groups is 1. The molecule has 0 saturated carbocycles. The van der Waals surface area contributed by atoms with Crippen molar-refractivity contribution in [3.05, 3.63) is 75.1 Å². The maximum Gasteiger partial charge on any atom is 0.100 e. The number of nitrogens with zero attached hydrogens (tertiary/aromatic N) is 4. The van der Waals surface area contributed by atoms with Gasteiger partial charge in [0.2, 0.25) is 0 Å². The third kappa shape index (κ3) is 4.44. The van der Waals surface area contributed by atoms with Crippen molar-refractivity contribution in [2.75, 3.05) is 6.54 Å². The average Bonchev–Trinajstić information content (AvgIpc) is 2.55. The van der Waals surface area contributed by atoms with Crippen molar-refractivity contribution in [3.8, 4) is 6.07 Å². The van der Waals surface area contributed by atoms with E-state index in [0.29, 0.717) is 23.6 Å². The van der Waals surface area contributed by atoms with Crippen LogP contribution in [0.2, 0.25) is 5.02 Å². The van der Waals surface area contributed by atoms with E-state index in [0.717, 1.165) is 10.5 Å². The summed E-state index contributed by atoms with van der Waals surface area (Å²) in [5, 5.41) is 13.5. The standard InChI is InChI=1S/C16H13ClN4S/c17-14-7-6-13(11-18)16(10-14)22-15(8-9-20-21-19)12-4-2-1-3-5-12/h1-7,10,15H,8-9H2/t15-/m1/s1. The summed E-state index contributed by atoms with van der Waals surface area (Å²) in [4.78, 5) is 3.64. The van der Waals surface area contributed by atoms with E-state index in [1.165, 1.54) is 0 Å². The van der Waals surface area contributed by atoms with E-state index in [1.54, 1.807) is 30.0 Å². The van der Waals surface area contributed by atoms with Gasteiger partial charge in [-0.05, 0) is 35.7 Å². The molecule has 1 atom stereocenters. The van der Waals surface area contributed by atoms with Crippen molar-refractivity contribution in [2.24, 2.45) is 5.11 Å². The van der Waals surface area contributed by atoms with Crippen LogP contribution < -0.4 is 0 Å². The zero-order valence-corrected chi connectivity index (χ0v) is 13.3. The van der Waals surface area contributed by atoms with Crippen LogP contribution in [-0.4, -0.2) is 6.54 Å². The van der Waals surface area contributed by atoms with E-state index in [9.17, 15) is 5.26 Å². The van der Waals surface area contributed by atoms with Crippen LogP contribution in [0.3, 0.4) is 0 Å². The molecule has 0 heterocycles. The van der Waals surface area contributed by atoms with E-state index in [2.05, 4.69) is 16.1 Å². The van der Waals surface area contributed by atoms with Crippen LogP contribution in [0.1, 0.15) is 22.8 Å². The van der Waals surface area contributed by atoms with E-state index in [4.69, 9.17) is 17.1 Å². The average molecular weight is 329 g/mol. The van der Waals surface area contributed by atoms with Gasteiger partial charge in [-0.3, -0.25) is 0 Å². The monoisotopic (exact) mass is 328 g/mol. The second-order valence-corrected chi connectivity index (χ2v) is 6.19. The lowest BCUT2D eigenvalue weighted by atomic mass is 10.1. The number of rotatable bonds is 6. The molecule has 0 unspecified atom stereocenters. The SMILES string of the molecule is N#Cc1ccc(Cl)cc1S[C@H](CCN=[N+]=[N-])c1ccccc1. The van der Waals surface area contributed by atoms with Gasteiger partial charge in [-0.1, -0.05) is 47.0 Å². The zero-order valence-electron chi connectivity index (χ0n) is 11.7. The predicted molar refractivity (Wildman–Crippen MR) is 89.8 cm³/mol. The maximum atomic E-state index is 9.23. The molecule has 6 heteroatoms. The summed E-state index contributed by atoms with van der Waals surface area (Å²) < 4.78 is 0. The Morgan fingerprint density at radius 3 is 2.73 bits per heavy atom. The minimum atomic E-state index is 0.0947. The van der Waals surface area contributed by atoms with Crippen molar-refractivity contribution < 1.29 is 0 Å². The Labute approximate surface area is 138 Å². The molecule has 0 fully saturated rings. The fourth-order valence-corrected chi connectivity index (χ4v) is 3.52. The van der Waals surface area contributed by atoms with Crippen molar-refractivity contribution >= 4 is 23.4 Å². The molecule has 0 N–H and O–H groups in total. The molecular formula is C16H13ClN4S. The zero-order chi connectivity index (χ0) is 15.8. The first-order valence-corrected chi connectivity index (χ1v) is 7.92. The Balaban J connectivity index is 2.28. The molecule has 0 spiro atoms. The fraction of sp³-hybridized carbons (Fsp3) is 0.188. The van der Waals surface area contributed by atoms with Crippen molar-refractivity contribution in [2.45, 2.75) is 16.6 Å². The predicted octanol–water partition coefficient (Wildman–Crippen LogP) is 5.75. The number of thioether (sulfide) groups is 1. The molecule has 0 saturated heterocycles. The van der Waals surface area contributed by atoms with Crippen LogP contribution in [0.5, 0.6) is 0 Å². The topological polar surface area (TPSA) is 72.5 Å². The Bertz CT molecular complexity index is 721. The van der Waals surface area contributed by atoms with Gasteiger partial charge < -0.3 is 0 Å². The lowest BCUT2D eigenvalue weighted by molar-refractivity contribution is 0.809. The first kappa shape index (κ1) is 16.3.